The van der Waals surface area contributed by atoms with E-state index in [1.807, 2.05) is 20.8 Å². The molecule has 0 bridgehead atoms. The van der Waals surface area contributed by atoms with Crippen LogP contribution in [0.1, 0.15) is 46.5 Å². The molecule has 1 aliphatic carbocycles. The molecule has 5 heteroatoms. The van der Waals surface area contributed by atoms with Crippen LogP contribution in [-0.2, 0) is 9.59 Å². The first-order valence-electron chi connectivity index (χ1n) is 6.99. The molecule has 5 nitrogen and oxygen atoms in total. The van der Waals surface area contributed by atoms with Crippen LogP contribution < -0.4 is 11.1 Å². The van der Waals surface area contributed by atoms with Gasteiger partial charge in [0.2, 0.25) is 11.8 Å². The van der Waals surface area contributed by atoms with Gasteiger partial charge < -0.3 is 16.0 Å². The Kier molecular flexibility index (Phi) is 5.35. The van der Waals surface area contributed by atoms with Crippen molar-refractivity contribution in [2.45, 2.75) is 58.0 Å². The molecule has 0 saturated heterocycles. The van der Waals surface area contributed by atoms with Crippen LogP contribution in [0.25, 0.3) is 0 Å². The molecule has 19 heavy (non-hydrogen) atoms. The Morgan fingerprint density at radius 3 is 2.42 bits per heavy atom. The van der Waals surface area contributed by atoms with Gasteiger partial charge in [0.05, 0.1) is 6.54 Å². The maximum Gasteiger partial charge on any atom is 0.240 e. The zero-order valence-corrected chi connectivity index (χ0v) is 12.5. The summed E-state index contributed by atoms with van der Waals surface area (Å²) < 4.78 is 0. The zero-order valence-electron chi connectivity index (χ0n) is 12.5. The average molecular weight is 269 g/mol. The normalized spacial score (nSPS) is 23.2. The second kappa shape index (κ2) is 6.37. The molecule has 1 rings (SSSR count). The van der Waals surface area contributed by atoms with E-state index in [0.29, 0.717) is 6.42 Å². The quantitative estimate of drug-likeness (QED) is 0.795. The highest BCUT2D eigenvalue weighted by molar-refractivity contribution is 5.85. The van der Waals surface area contributed by atoms with Crippen LogP contribution in [0.5, 0.6) is 0 Å². The number of nitrogens with two attached hydrogens (primary N) is 1. The van der Waals surface area contributed by atoms with Gasteiger partial charge in [-0.3, -0.25) is 9.59 Å². The highest BCUT2D eigenvalue weighted by Gasteiger charge is 2.27. The lowest BCUT2D eigenvalue weighted by Gasteiger charge is -2.24. The third-order valence-electron chi connectivity index (χ3n) is 3.48. The lowest BCUT2D eigenvalue weighted by molar-refractivity contribution is -0.136. The molecule has 2 amide bonds. The van der Waals surface area contributed by atoms with Crippen LogP contribution in [0.4, 0.5) is 0 Å². The van der Waals surface area contributed by atoms with Crippen molar-refractivity contribution < 1.29 is 9.59 Å². The van der Waals surface area contributed by atoms with Crippen LogP contribution in [0.3, 0.4) is 0 Å². The van der Waals surface area contributed by atoms with Crippen molar-refractivity contribution in [2.75, 3.05) is 13.6 Å². The summed E-state index contributed by atoms with van der Waals surface area (Å²) in [6.07, 6.45) is 3.59. The fourth-order valence-electron chi connectivity index (χ4n) is 2.46. The first kappa shape index (κ1) is 16.0. The fourth-order valence-corrected chi connectivity index (χ4v) is 2.46. The molecule has 1 fully saturated rings. The van der Waals surface area contributed by atoms with Crippen molar-refractivity contribution in [1.29, 1.82) is 0 Å². The number of hydrogen-bond donors (Lipinski definition) is 2. The number of nitrogens with zero attached hydrogens (tertiary/aromatic N) is 1. The van der Waals surface area contributed by atoms with E-state index < -0.39 is 0 Å². The molecule has 110 valence electrons. The highest BCUT2D eigenvalue weighted by Crippen LogP contribution is 2.27. The summed E-state index contributed by atoms with van der Waals surface area (Å²) in [4.78, 5) is 25.3. The van der Waals surface area contributed by atoms with Crippen molar-refractivity contribution in [2.24, 2.45) is 11.7 Å². The maximum atomic E-state index is 12.0. The molecular weight excluding hydrogens is 242 g/mol. The van der Waals surface area contributed by atoms with Gasteiger partial charge in [-0.25, -0.2) is 0 Å². The molecule has 0 aromatic rings. The smallest absolute Gasteiger partial charge is 0.240 e. The summed E-state index contributed by atoms with van der Waals surface area (Å²) in [5, 5.41) is 2.85. The SMILES string of the molecule is CN(CC(=O)NC(C)(C)C)C(=O)C[C@@H]1CCC[C@H]1N. The topological polar surface area (TPSA) is 75.4 Å². The van der Waals surface area contributed by atoms with Crippen molar-refractivity contribution in [1.82, 2.24) is 10.2 Å². The molecule has 0 aromatic carbocycles. The van der Waals surface area contributed by atoms with E-state index in [0.717, 1.165) is 19.3 Å². The molecule has 3 N–H and O–H groups in total. The molecule has 0 aromatic heterocycles. The van der Waals surface area contributed by atoms with Gasteiger partial charge in [-0.2, -0.15) is 0 Å². The van der Waals surface area contributed by atoms with Crippen LogP contribution in [-0.4, -0.2) is 41.9 Å². The van der Waals surface area contributed by atoms with Gasteiger partial charge >= 0.3 is 0 Å². The highest BCUT2D eigenvalue weighted by atomic mass is 16.2. The Morgan fingerprint density at radius 2 is 1.95 bits per heavy atom. The van der Waals surface area contributed by atoms with Crippen LogP contribution in [0.15, 0.2) is 0 Å². The van der Waals surface area contributed by atoms with Gasteiger partial charge in [0.25, 0.3) is 0 Å². The summed E-state index contributed by atoms with van der Waals surface area (Å²) >= 11 is 0. The minimum atomic E-state index is -0.269. The van der Waals surface area contributed by atoms with Gasteiger partial charge in [0, 0.05) is 25.0 Å². The number of nitrogens with one attached hydrogen (secondary N) is 1. The van der Waals surface area contributed by atoms with Crippen molar-refractivity contribution in [3.63, 3.8) is 0 Å². The summed E-state index contributed by atoms with van der Waals surface area (Å²) in [6, 6.07) is 0.140. The molecule has 0 aliphatic heterocycles. The van der Waals surface area contributed by atoms with Gasteiger partial charge in [-0.05, 0) is 39.5 Å². The Labute approximate surface area is 115 Å². The van der Waals surface area contributed by atoms with Crippen LogP contribution in [0.2, 0.25) is 0 Å². The zero-order chi connectivity index (χ0) is 14.6. The summed E-state index contributed by atoms with van der Waals surface area (Å²) in [7, 11) is 1.67. The van der Waals surface area contributed by atoms with E-state index in [-0.39, 0.29) is 35.9 Å². The van der Waals surface area contributed by atoms with E-state index in [1.165, 1.54) is 4.90 Å². The second-order valence-corrected chi connectivity index (χ2v) is 6.61. The molecular formula is C14H27N3O2. The molecule has 1 aliphatic rings. The second-order valence-electron chi connectivity index (χ2n) is 6.61. The van der Waals surface area contributed by atoms with Gasteiger partial charge in [-0.15, -0.1) is 0 Å². The molecule has 0 radical (unpaired) electrons. The standard InChI is InChI=1S/C14H27N3O2/c1-14(2,3)16-12(18)9-17(4)13(19)8-10-6-5-7-11(10)15/h10-11H,5-9,15H2,1-4H3,(H,16,18)/t10-,11+/m0/s1. The van der Waals surface area contributed by atoms with E-state index in [1.54, 1.807) is 7.05 Å². The van der Waals surface area contributed by atoms with Gasteiger partial charge in [-0.1, -0.05) is 6.42 Å². The molecule has 0 heterocycles. The Balaban J connectivity index is 2.38. The van der Waals surface area contributed by atoms with E-state index in [9.17, 15) is 9.59 Å². The maximum absolute atomic E-state index is 12.0. The van der Waals surface area contributed by atoms with Gasteiger partial charge in [0.15, 0.2) is 0 Å². The van der Waals surface area contributed by atoms with Crippen molar-refractivity contribution in [3.05, 3.63) is 0 Å². The predicted molar refractivity (Wildman–Crippen MR) is 75.5 cm³/mol. The number of carbonyl (C=O) groups excluding carboxylic acids is 2. The Morgan fingerprint density at radius 1 is 1.32 bits per heavy atom. The summed E-state index contributed by atoms with van der Waals surface area (Å²) in [6.45, 7) is 5.87. The third kappa shape index (κ3) is 5.59. The minimum Gasteiger partial charge on any atom is -0.350 e. The van der Waals surface area contributed by atoms with Crippen molar-refractivity contribution in [3.8, 4) is 0 Å². The minimum absolute atomic E-state index is 0.00593. The first-order valence-corrected chi connectivity index (χ1v) is 6.99. The van der Waals surface area contributed by atoms with Gasteiger partial charge in [0.1, 0.15) is 0 Å². The predicted octanol–water partition coefficient (Wildman–Crippen LogP) is 0.877. The van der Waals surface area contributed by atoms with E-state index in [2.05, 4.69) is 5.32 Å². The van der Waals surface area contributed by atoms with Crippen molar-refractivity contribution >= 4 is 11.8 Å². The lowest BCUT2D eigenvalue weighted by Crippen LogP contribution is -2.46. The Hall–Kier alpha value is -1.10. The summed E-state index contributed by atoms with van der Waals surface area (Å²) in [5.74, 6) is 0.158. The number of amides is 2. The average Bonchev–Trinajstić information content (AvgIpc) is 2.61. The summed E-state index contributed by atoms with van der Waals surface area (Å²) in [5.41, 5.74) is 5.69. The largest absolute Gasteiger partial charge is 0.350 e. The molecule has 0 spiro atoms. The Bertz CT molecular complexity index is 336. The van der Waals surface area contributed by atoms with Crippen LogP contribution in [0, 0.1) is 5.92 Å². The lowest BCUT2D eigenvalue weighted by atomic mass is 9.99. The number of likely N-dealkylation sites (N-methyl/N-ethyl adjacent to an activating group) is 1. The molecule has 1 saturated carbocycles. The molecule has 2 atom stereocenters. The number of hydrogen-bond acceptors (Lipinski definition) is 3. The van der Waals surface area contributed by atoms with Crippen LogP contribution >= 0.6 is 0 Å². The van der Waals surface area contributed by atoms with E-state index in [4.69, 9.17) is 5.73 Å². The molecule has 0 unspecified atom stereocenters. The number of carbonyl (C=O) groups is 2. The fraction of sp³-hybridized carbons (Fsp3) is 0.857. The third-order valence-corrected chi connectivity index (χ3v) is 3.48. The monoisotopic (exact) mass is 269 g/mol. The first-order chi connectivity index (χ1) is 8.69. The van der Waals surface area contributed by atoms with E-state index >= 15 is 0 Å². The number of rotatable bonds is 4.